The molecule has 1 aliphatic carbocycles. The lowest BCUT2D eigenvalue weighted by atomic mass is 9.60. The van der Waals surface area contributed by atoms with E-state index in [2.05, 4.69) is 18.4 Å². The molecule has 0 unspecified atom stereocenters. The van der Waals surface area contributed by atoms with Crippen LogP contribution in [0.2, 0.25) is 0 Å². The van der Waals surface area contributed by atoms with Crippen molar-refractivity contribution in [2.24, 2.45) is 5.41 Å². The summed E-state index contributed by atoms with van der Waals surface area (Å²) in [6, 6.07) is 10.8. The first-order chi connectivity index (χ1) is 14.7. The standard InChI is InChI=1S/C25H27F2NO3/c1-14(2)23-21(16-11-25(12-16,13-26)24(29)30)22-19(6-5-7-20(22)31-4)28(23)17-8-9-18(27)15(3)10-17/h5-10,14,16H,11-13H2,1-4H3,(H,29,30). The van der Waals surface area contributed by atoms with E-state index >= 15 is 0 Å². The fourth-order valence-electron chi connectivity index (χ4n) is 4.98. The molecular formula is C25H27F2NO3. The quantitative estimate of drug-likeness (QED) is 0.515. The molecule has 4 rings (SSSR count). The first-order valence-electron chi connectivity index (χ1n) is 10.5. The summed E-state index contributed by atoms with van der Waals surface area (Å²) in [6.45, 7) is 5.02. The van der Waals surface area contributed by atoms with Gasteiger partial charge < -0.3 is 14.4 Å². The van der Waals surface area contributed by atoms with E-state index in [4.69, 9.17) is 4.74 Å². The molecule has 1 N–H and O–H groups in total. The molecule has 31 heavy (non-hydrogen) atoms. The Bertz CT molecular complexity index is 1160. The lowest BCUT2D eigenvalue weighted by Gasteiger charge is -2.43. The van der Waals surface area contributed by atoms with E-state index in [0.29, 0.717) is 11.3 Å². The van der Waals surface area contributed by atoms with Crippen molar-refractivity contribution < 1.29 is 23.4 Å². The number of carbonyl (C=O) groups is 1. The normalized spacial score (nSPS) is 20.8. The van der Waals surface area contributed by atoms with Gasteiger partial charge >= 0.3 is 5.97 Å². The second-order valence-corrected chi connectivity index (χ2v) is 8.90. The van der Waals surface area contributed by atoms with Crippen LogP contribution in [0.5, 0.6) is 5.75 Å². The lowest BCUT2D eigenvalue weighted by Crippen LogP contribution is -2.44. The molecule has 3 aromatic rings. The van der Waals surface area contributed by atoms with E-state index in [1.54, 1.807) is 20.1 Å². The van der Waals surface area contributed by atoms with Gasteiger partial charge in [-0.1, -0.05) is 19.9 Å². The van der Waals surface area contributed by atoms with Gasteiger partial charge in [-0.15, -0.1) is 0 Å². The Balaban J connectivity index is 2.01. The number of carboxylic acid groups (broad SMARTS) is 1. The zero-order valence-electron chi connectivity index (χ0n) is 18.2. The fraction of sp³-hybridized carbons (Fsp3) is 0.400. The lowest BCUT2D eigenvalue weighted by molar-refractivity contribution is -0.157. The van der Waals surface area contributed by atoms with Gasteiger partial charge in [0.25, 0.3) is 0 Å². The van der Waals surface area contributed by atoms with Crippen LogP contribution in [0.25, 0.3) is 16.6 Å². The average Bonchev–Trinajstić information content (AvgIpc) is 3.05. The van der Waals surface area contributed by atoms with Crippen molar-refractivity contribution in [1.82, 2.24) is 4.57 Å². The van der Waals surface area contributed by atoms with Gasteiger partial charge in [0.15, 0.2) is 0 Å². The molecule has 1 aliphatic rings. The molecule has 164 valence electrons. The van der Waals surface area contributed by atoms with Crippen LogP contribution in [0.3, 0.4) is 0 Å². The molecule has 0 aliphatic heterocycles. The summed E-state index contributed by atoms with van der Waals surface area (Å²) in [6.07, 6.45) is 0.496. The Hall–Kier alpha value is -2.89. The minimum atomic E-state index is -1.32. The van der Waals surface area contributed by atoms with Crippen molar-refractivity contribution in [1.29, 1.82) is 0 Å². The van der Waals surface area contributed by atoms with Crippen molar-refractivity contribution in [3.05, 3.63) is 59.0 Å². The average molecular weight is 427 g/mol. The Morgan fingerprint density at radius 1 is 1.29 bits per heavy atom. The molecule has 0 radical (unpaired) electrons. The summed E-state index contributed by atoms with van der Waals surface area (Å²) < 4.78 is 35.4. The SMILES string of the molecule is COc1cccc2c1c(C1CC(CF)(C(=O)O)C1)c(C(C)C)n2-c1ccc(F)c(C)c1. The van der Waals surface area contributed by atoms with Crippen LogP contribution in [0.1, 0.15) is 55.3 Å². The van der Waals surface area contributed by atoms with E-state index in [1.165, 1.54) is 6.07 Å². The number of hydrogen-bond acceptors (Lipinski definition) is 2. The third-order valence-corrected chi connectivity index (χ3v) is 6.59. The Kier molecular flexibility index (Phi) is 5.28. The molecule has 0 atom stereocenters. The smallest absolute Gasteiger partial charge is 0.312 e. The topological polar surface area (TPSA) is 51.5 Å². The second-order valence-electron chi connectivity index (χ2n) is 8.90. The van der Waals surface area contributed by atoms with Crippen LogP contribution >= 0.6 is 0 Å². The fourth-order valence-corrected chi connectivity index (χ4v) is 4.98. The van der Waals surface area contributed by atoms with Crippen LogP contribution in [-0.4, -0.2) is 29.4 Å². The number of fused-ring (bicyclic) bond motifs is 1. The minimum absolute atomic E-state index is 0.0918. The first kappa shape index (κ1) is 21.3. The summed E-state index contributed by atoms with van der Waals surface area (Å²) in [5, 5.41) is 10.5. The maximum atomic E-state index is 14.0. The number of ether oxygens (including phenoxy) is 1. The minimum Gasteiger partial charge on any atom is -0.496 e. The number of hydrogen-bond donors (Lipinski definition) is 1. The third kappa shape index (κ3) is 3.20. The largest absolute Gasteiger partial charge is 0.496 e. The molecule has 4 nitrogen and oxygen atoms in total. The van der Waals surface area contributed by atoms with Crippen LogP contribution in [0.15, 0.2) is 36.4 Å². The maximum Gasteiger partial charge on any atom is 0.312 e. The molecule has 1 heterocycles. The number of benzene rings is 2. The highest BCUT2D eigenvalue weighted by molar-refractivity contribution is 5.94. The first-order valence-corrected chi connectivity index (χ1v) is 10.5. The van der Waals surface area contributed by atoms with Crippen LogP contribution in [0.4, 0.5) is 8.78 Å². The molecule has 6 heteroatoms. The predicted molar refractivity (Wildman–Crippen MR) is 117 cm³/mol. The Labute approximate surface area is 180 Å². The molecule has 0 bridgehead atoms. The van der Waals surface area contributed by atoms with Gasteiger partial charge in [0.1, 0.15) is 18.2 Å². The van der Waals surface area contributed by atoms with Gasteiger partial charge in [-0.05, 0) is 73.1 Å². The Morgan fingerprint density at radius 3 is 2.55 bits per heavy atom. The third-order valence-electron chi connectivity index (χ3n) is 6.59. The van der Waals surface area contributed by atoms with E-state index in [1.807, 2.05) is 24.3 Å². The number of aromatic nitrogens is 1. The molecular weight excluding hydrogens is 400 g/mol. The predicted octanol–water partition coefficient (Wildman–Crippen LogP) is 6.13. The molecule has 2 aromatic carbocycles. The highest BCUT2D eigenvalue weighted by Crippen LogP contribution is 2.56. The number of rotatable bonds is 6. The number of aliphatic carboxylic acids is 1. The van der Waals surface area contributed by atoms with Crippen molar-refractivity contribution in [2.75, 3.05) is 13.8 Å². The zero-order chi connectivity index (χ0) is 22.5. The summed E-state index contributed by atoms with van der Waals surface area (Å²) >= 11 is 0. The van der Waals surface area contributed by atoms with Crippen LogP contribution in [-0.2, 0) is 4.79 Å². The zero-order valence-corrected chi connectivity index (χ0v) is 18.2. The van der Waals surface area contributed by atoms with Crippen molar-refractivity contribution in [3.63, 3.8) is 0 Å². The van der Waals surface area contributed by atoms with Gasteiger partial charge in [0, 0.05) is 16.8 Å². The van der Waals surface area contributed by atoms with Crippen molar-refractivity contribution in [2.45, 2.75) is 45.4 Å². The van der Waals surface area contributed by atoms with E-state index < -0.39 is 18.1 Å². The van der Waals surface area contributed by atoms with Gasteiger partial charge in [-0.2, -0.15) is 0 Å². The Morgan fingerprint density at radius 2 is 2.00 bits per heavy atom. The summed E-state index contributed by atoms with van der Waals surface area (Å²) in [5.41, 5.74) is 3.01. The highest BCUT2D eigenvalue weighted by Gasteiger charge is 2.52. The van der Waals surface area contributed by atoms with Crippen LogP contribution in [0, 0.1) is 18.2 Å². The maximum absolute atomic E-state index is 14.0. The number of alkyl halides is 1. The van der Waals surface area contributed by atoms with E-state index in [9.17, 15) is 18.7 Å². The number of methoxy groups -OCH3 is 1. The van der Waals surface area contributed by atoms with Gasteiger partial charge in [-0.3, -0.25) is 4.79 Å². The molecule has 0 amide bonds. The molecule has 1 fully saturated rings. The van der Waals surface area contributed by atoms with Gasteiger partial charge in [0.2, 0.25) is 0 Å². The van der Waals surface area contributed by atoms with Crippen LogP contribution < -0.4 is 4.74 Å². The molecule has 1 saturated carbocycles. The van der Waals surface area contributed by atoms with Gasteiger partial charge in [-0.25, -0.2) is 8.78 Å². The monoisotopic (exact) mass is 427 g/mol. The molecule has 1 aromatic heterocycles. The summed E-state index contributed by atoms with van der Waals surface area (Å²) in [5.74, 6) is -0.645. The number of carboxylic acids is 1. The number of aryl methyl sites for hydroxylation is 1. The summed E-state index contributed by atoms with van der Waals surface area (Å²) in [4.78, 5) is 11.7. The molecule has 0 saturated heterocycles. The van der Waals surface area contributed by atoms with Gasteiger partial charge in [0.05, 0.1) is 18.0 Å². The number of nitrogens with zero attached hydrogens (tertiary/aromatic N) is 1. The summed E-state index contributed by atoms with van der Waals surface area (Å²) in [7, 11) is 1.61. The van der Waals surface area contributed by atoms with Crippen molar-refractivity contribution >= 4 is 16.9 Å². The molecule has 0 spiro atoms. The van der Waals surface area contributed by atoms with E-state index in [0.717, 1.165) is 27.8 Å². The second kappa shape index (κ2) is 7.66. The van der Waals surface area contributed by atoms with E-state index in [-0.39, 0.29) is 30.5 Å². The van der Waals surface area contributed by atoms with Crippen molar-refractivity contribution in [3.8, 4) is 11.4 Å². The highest BCUT2D eigenvalue weighted by atomic mass is 19.1. The number of halogens is 2.